The molecule has 0 radical (unpaired) electrons. The number of aromatic hydroxyl groups is 2. The second-order valence-corrected chi connectivity index (χ2v) is 5.14. The first kappa shape index (κ1) is 15.3. The van der Waals surface area contributed by atoms with E-state index in [0.717, 1.165) is 5.56 Å². The smallest absolute Gasteiger partial charge is 0.170 e. The SMILES string of the molecule is Cc1ccc(N=Nc2c(O)cc(-c3ccco3)c(C#N)c2O)cc1. The summed E-state index contributed by atoms with van der Waals surface area (Å²) < 4.78 is 5.23. The first-order valence-electron chi connectivity index (χ1n) is 7.11. The molecule has 0 saturated heterocycles. The number of furan rings is 1. The summed E-state index contributed by atoms with van der Waals surface area (Å²) in [5.74, 6) is -0.382. The summed E-state index contributed by atoms with van der Waals surface area (Å²) in [5, 5.41) is 37.6. The molecule has 3 rings (SSSR count). The number of rotatable bonds is 3. The Kier molecular flexibility index (Phi) is 4.00. The van der Waals surface area contributed by atoms with E-state index in [1.165, 1.54) is 12.3 Å². The van der Waals surface area contributed by atoms with Crippen molar-refractivity contribution in [3.63, 3.8) is 0 Å². The molecule has 6 nitrogen and oxygen atoms in total. The minimum absolute atomic E-state index is 0.0411. The van der Waals surface area contributed by atoms with Crippen molar-refractivity contribution >= 4 is 11.4 Å². The summed E-state index contributed by atoms with van der Waals surface area (Å²) >= 11 is 0. The fourth-order valence-corrected chi connectivity index (χ4v) is 2.20. The summed E-state index contributed by atoms with van der Waals surface area (Å²) in [6.07, 6.45) is 1.44. The molecule has 6 heteroatoms. The Bertz CT molecular complexity index is 937. The molecule has 0 bridgehead atoms. The molecule has 118 valence electrons. The van der Waals surface area contributed by atoms with Gasteiger partial charge in [-0.25, -0.2) is 0 Å². The van der Waals surface area contributed by atoms with Gasteiger partial charge in [-0.15, -0.1) is 5.11 Å². The van der Waals surface area contributed by atoms with Crippen molar-refractivity contribution in [1.82, 2.24) is 0 Å². The van der Waals surface area contributed by atoms with Gasteiger partial charge in [0.05, 0.1) is 12.0 Å². The van der Waals surface area contributed by atoms with E-state index in [-0.39, 0.29) is 22.6 Å². The van der Waals surface area contributed by atoms with Gasteiger partial charge in [-0.1, -0.05) is 17.7 Å². The number of phenols is 2. The normalized spacial score (nSPS) is 10.8. The molecule has 2 aromatic carbocycles. The van der Waals surface area contributed by atoms with Crippen molar-refractivity contribution in [1.29, 1.82) is 5.26 Å². The van der Waals surface area contributed by atoms with Crippen LogP contribution in [0.2, 0.25) is 0 Å². The van der Waals surface area contributed by atoms with Crippen LogP contribution in [0.15, 0.2) is 63.4 Å². The third-order valence-electron chi connectivity index (χ3n) is 3.45. The van der Waals surface area contributed by atoms with Gasteiger partial charge in [-0.3, -0.25) is 0 Å². The van der Waals surface area contributed by atoms with Gasteiger partial charge < -0.3 is 14.6 Å². The summed E-state index contributed by atoms with van der Waals surface area (Å²) in [4.78, 5) is 0. The van der Waals surface area contributed by atoms with E-state index in [4.69, 9.17) is 4.42 Å². The lowest BCUT2D eigenvalue weighted by atomic mass is 10.0. The third-order valence-corrected chi connectivity index (χ3v) is 3.45. The molecule has 0 saturated carbocycles. The zero-order valence-corrected chi connectivity index (χ0v) is 12.8. The Labute approximate surface area is 137 Å². The average Bonchev–Trinajstić information content (AvgIpc) is 3.10. The summed E-state index contributed by atoms with van der Waals surface area (Å²) in [5.41, 5.74) is 1.72. The standard InChI is InChI=1S/C18H13N3O3/c1-11-4-6-12(7-5-11)20-21-17-15(22)9-13(14(10-19)18(17)23)16-3-2-8-24-16/h2-9,22-23H,1H3. The lowest BCUT2D eigenvalue weighted by Crippen LogP contribution is -1.85. The molecule has 3 aromatic rings. The second-order valence-electron chi connectivity index (χ2n) is 5.14. The molecule has 24 heavy (non-hydrogen) atoms. The van der Waals surface area contributed by atoms with Gasteiger partial charge in [0.15, 0.2) is 11.4 Å². The molecule has 0 fully saturated rings. The summed E-state index contributed by atoms with van der Waals surface area (Å²) in [6.45, 7) is 1.95. The number of azo groups is 1. The van der Waals surface area contributed by atoms with Crippen LogP contribution in [0, 0.1) is 18.3 Å². The van der Waals surface area contributed by atoms with E-state index in [2.05, 4.69) is 10.2 Å². The average molecular weight is 319 g/mol. The Morgan fingerprint density at radius 2 is 1.83 bits per heavy atom. The highest BCUT2D eigenvalue weighted by Crippen LogP contribution is 2.44. The predicted molar refractivity (Wildman–Crippen MR) is 87.5 cm³/mol. The van der Waals surface area contributed by atoms with Gasteiger partial charge in [0.2, 0.25) is 0 Å². The highest BCUT2D eigenvalue weighted by molar-refractivity contribution is 5.79. The van der Waals surface area contributed by atoms with Gasteiger partial charge in [0.1, 0.15) is 23.1 Å². The van der Waals surface area contributed by atoms with Crippen molar-refractivity contribution in [2.24, 2.45) is 10.2 Å². The minimum Gasteiger partial charge on any atom is -0.505 e. The first-order valence-corrected chi connectivity index (χ1v) is 7.11. The molecule has 0 unspecified atom stereocenters. The molecule has 0 amide bonds. The summed E-state index contributed by atoms with van der Waals surface area (Å²) in [6, 6.07) is 13.8. The lowest BCUT2D eigenvalue weighted by molar-refractivity contribution is 0.451. The van der Waals surface area contributed by atoms with Gasteiger partial charge in [-0.2, -0.15) is 10.4 Å². The molecule has 0 aliphatic heterocycles. The molecule has 0 aliphatic rings. The minimum atomic E-state index is -0.445. The molecule has 0 spiro atoms. The molecular formula is C18H13N3O3. The van der Waals surface area contributed by atoms with E-state index in [0.29, 0.717) is 11.4 Å². The number of nitrogens with zero attached hydrogens (tertiary/aromatic N) is 3. The molecule has 1 aromatic heterocycles. The van der Waals surface area contributed by atoms with Gasteiger partial charge in [0.25, 0.3) is 0 Å². The number of hydrogen-bond donors (Lipinski definition) is 2. The van der Waals surface area contributed by atoms with E-state index in [1.54, 1.807) is 24.3 Å². The molecule has 1 heterocycles. The quantitative estimate of drug-likeness (QED) is 0.666. The number of benzene rings is 2. The van der Waals surface area contributed by atoms with Crippen LogP contribution in [0.1, 0.15) is 11.1 Å². The summed E-state index contributed by atoms with van der Waals surface area (Å²) in [7, 11) is 0. The van der Waals surface area contributed by atoms with Gasteiger partial charge in [-0.05, 0) is 37.3 Å². The Hall–Kier alpha value is -3.59. The van der Waals surface area contributed by atoms with Crippen LogP contribution in [0.4, 0.5) is 11.4 Å². The highest BCUT2D eigenvalue weighted by Gasteiger charge is 2.20. The van der Waals surface area contributed by atoms with Crippen LogP contribution in [0.25, 0.3) is 11.3 Å². The van der Waals surface area contributed by atoms with Crippen LogP contribution in [0.5, 0.6) is 11.5 Å². The molecule has 0 aliphatic carbocycles. The van der Waals surface area contributed by atoms with E-state index in [9.17, 15) is 15.5 Å². The maximum atomic E-state index is 10.3. The topological polar surface area (TPSA) is 102 Å². The predicted octanol–water partition coefficient (Wildman–Crippen LogP) is 4.95. The zero-order valence-electron chi connectivity index (χ0n) is 12.8. The fourth-order valence-electron chi connectivity index (χ4n) is 2.20. The van der Waals surface area contributed by atoms with E-state index >= 15 is 0 Å². The number of hydrogen-bond acceptors (Lipinski definition) is 6. The van der Waals surface area contributed by atoms with Crippen LogP contribution in [-0.2, 0) is 0 Å². The zero-order chi connectivity index (χ0) is 17.1. The van der Waals surface area contributed by atoms with Gasteiger partial charge in [0, 0.05) is 5.56 Å². The largest absolute Gasteiger partial charge is 0.505 e. The molecular weight excluding hydrogens is 306 g/mol. The second kappa shape index (κ2) is 6.26. The number of aryl methyl sites for hydroxylation is 1. The number of nitriles is 1. The van der Waals surface area contributed by atoms with E-state index in [1.807, 2.05) is 25.1 Å². The van der Waals surface area contributed by atoms with Crippen molar-refractivity contribution < 1.29 is 14.6 Å². The highest BCUT2D eigenvalue weighted by atomic mass is 16.3. The molecule has 0 atom stereocenters. The van der Waals surface area contributed by atoms with Crippen molar-refractivity contribution in [2.45, 2.75) is 6.92 Å². The van der Waals surface area contributed by atoms with Crippen LogP contribution in [0.3, 0.4) is 0 Å². The number of phenolic OH excluding ortho intramolecular Hbond substituents is 2. The van der Waals surface area contributed by atoms with Crippen molar-refractivity contribution in [3.05, 3.63) is 59.9 Å². The monoisotopic (exact) mass is 319 g/mol. The van der Waals surface area contributed by atoms with Gasteiger partial charge >= 0.3 is 0 Å². The van der Waals surface area contributed by atoms with Crippen molar-refractivity contribution in [2.75, 3.05) is 0 Å². The Morgan fingerprint density at radius 3 is 2.46 bits per heavy atom. The fraction of sp³-hybridized carbons (Fsp3) is 0.0556. The lowest BCUT2D eigenvalue weighted by Gasteiger charge is -2.07. The third kappa shape index (κ3) is 2.83. The van der Waals surface area contributed by atoms with E-state index < -0.39 is 5.75 Å². The van der Waals surface area contributed by atoms with Crippen LogP contribution >= 0.6 is 0 Å². The maximum Gasteiger partial charge on any atom is 0.170 e. The van der Waals surface area contributed by atoms with Crippen LogP contribution < -0.4 is 0 Å². The van der Waals surface area contributed by atoms with Crippen LogP contribution in [-0.4, -0.2) is 10.2 Å². The molecule has 2 N–H and O–H groups in total. The Morgan fingerprint density at radius 1 is 1.08 bits per heavy atom. The van der Waals surface area contributed by atoms with Crippen molar-refractivity contribution in [3.8, 4) is 28.9 Å². The Balaban J connectivity index is 2.06. The first-order chi connectivity index (χ1) is 11.6. The maximum absolute atomic E-state index is 10.3.